The second-order valence-electron chi connectivity index (χ2n) is 5.35. The van der Waals surface area contributed by atoms with Gasteiger partial charge in [-0.15, -0.1) is 0 Å². The Kier molecular flexibility index (Phi) is 5.11. The zero-order valence-corrected chi connectivity index (χ0v) is 14.3. The molecule has 0 unspecified atom stereocenters. The van der Waals surface area contributed by atoms with E-state index in [4.69, 9.17) is 4.74 Å². The lowest BCUT2D eigenvalue weighted by molar-refractivity contribution is -0.123. The summed E-state index contributed by atoms with van der Waals surface area (Å²) in [7, 11) is 0. The van der Waals surface area contributed by atoms with Gasteiger partial charge in [0.05, 0.1) is 0 Å². The summed E-state index contributed by atoms with van der Waals surface area (Å²) in [6, 6.07) is 17.7. The van der Waals surface area contributed by atoms with Crippen molar-refractivity contribution in [2.45, 2.75) is 6.54 Å². The number of carbonyl (C=O) groups excluding carboxylic acids is 1. The molecular formula is C19H15BrFNO2. The van der Waals surface area contributed by atoms with E-state index in [1.54, 1.807) is 12.1 Å². The van der Waals surface area contributed by atoms with Gasteiger partial charge in [0.15, 0.2) is 6.61 Å². The molecule has 0 aliphatic heterocycles. The lowest BCUT2D eigenvalue weighted by atomic mass is 10.1. The van der Waals surface area contributed by atoms with Crippen LogP contribution in [0.5, 0.6) is 5.75 Å². The molecule has 0 aliphatic rings. The second kappa shape index (κ2) is 7.45. The van der Waals surface area contributed by atoms with Crippen molar-refractivity contribution in [1.29, 1.82) is 0 Å². The monoisotopic (exact) mass is 387 g/mol. The average molecular weight is 388 g/mol. The van der Waals surface area contributed by atoms with Gasteiger partial charge in [-0.3, -0.25) is 4.79 Å². The summed E-state index contributed by atoms with van der Waals surface area (Å²) in [4.78, 5) is 11.8. The molecular weight excluding hydrogens is 373 g/mol. The molecule has 3 aromatic carbocycles. The Bertz CT molecular complexity index is 865. The molecule has 0 bridgehead atoms. The van der Waals surface area contributed by atoms with Gasteiger partial charge in [0.1, 0.15) is 11.6 Å². The zero-order valence-electron chi connectivity index (χ0n) is 12.8. The number of fused-ring (bicyclic) bond motifs is 1. The fraction of sp³-hybridized carbons (Fsp3) is 0.105. The van der Waals surface area contributed by atoms with Gasteiger partial charge < -0.3 is 10.1 Å². The summed E-state index contributed by atoms with van der Waals surface area (Å²) < 4.78 is 19.4. The predicted molar refractivity (Wildman–Crippen MR) is 95.4 cm³/mol. The second-order valence-corrected chi connectivity index (χ2v) is 6.26. The van der Waals surface area contributed by atoms with Crippen LogP contribution >= 0.6 is 15.9 Å². The highest BCUT2D eigenvalue weighted by molar-refractivity contribution is 9.10. The van der Waals surface area contributed by atoms with Gasteiger partial charge >= 0.3 is 0 Å². The predicted octanol–water partition coefficient (Wildman–Crippen LogP) is 4.44. The first-order chi connectivity index (χ1) is 11.6. The number of hydrogen-bond donors (Lipinski definition) is 1. The van der Waals surface area contributed by atoms with E-state index < -0.39 is 0 Å². The lowest BCUT2D eigenvalue weighted by Gasteiger charge is -2.09. The highest BCUT2D eigenvalue weighted by Gasteiger charge is 2.04. The molecule has 0 heterocycles. The van der Waals surface area contributed by atoms with Crippen LogP contribution in [0.1, 0.15) is 5.56 Å². The van der Waals surface area contributed by atoms with E-state index in [0.717, 1.165) is 20.8 Å². The maximum Gasteiger partial charge on any atom is 0.258 e. The number of nitrogens with one attached hydrogen (secondary N) is 1. The van der Waals surface area contributed by atoms with Gasteiger partial charge in [-0.05, 0) is 52.7 Å². The minimum absolute atomic E-state index is 0.0662. The molecule has 3 nitrogen and oxygen atoms in total. The molecule has 0 fully saturated rings. The van der Waals surface area contributed by atoms with Crippen molar-refractivity contribution in [2.24, 2.45) is 0 Å². The SMILES string of the molecule is O=C(COc1ccc2cc(Br)ccc2c1)NCc1ccc(F)cc1. The molecule has 0 spiro atoms. The Morgan fingerprint density at radius 2 is 1.71 bits per heavy atom. The van der Waals surface area contributed by atoms with E-state index in [0.29, 0.717) is 12.3 Å². The highest BCUT2D eigenvalue weighted by Crippen LogP contribution is 2.24. The molecule has 0 saturated heterocycles. The van der Waals surface area contributed by atoms with E-state index in [2.05, 4.69) is 21.2 Å². The van der Waals surface area contributed by atoms with Crippen LogP contribution in [0.4, 0.5) is 4.39 Å². The average Bonchev–Trinajstić information content (AvgIpc) is 2.59. The fourth-order valence-corrected chi connectivity index (χ4v) is 2.67. The van der Waals surface area contributed by atoms with Crippen LogP contribution in [0.25, 0.3) is 10.8 Å². The van der Waals surface area contributed by atoms with Crippen molar-refractivity contribution < 1.29 is 13.9 Å². The Hall–Kier alpha value is -2.40. The van der Waals surface area contributed by atoms with Crippen molar-refractivity contribution in [3.05, 3.63) is 76.5 Å². The lowest BCUT2D eigenvalue weighted by Crippen LogP contribution is -2.28. The summed E-state index contributed by atoms with van der Waals surface area (Å²) in [5.74, 6) is 0.119. The third-order valence-corrected chi connectivity index (χ3v) is 4.04. The molecule has 0 aliphatic carbocycles. The van der Waals surface area contributed by atoms with Crippen molar-refractivity contribution in [2.75, 3.05) is 6.61 Å². The molecule has 0 radical (unpaired) electrons. The van der Waals surface area contributed by atoms with E-state index >= 15 is 0 Å². The smallest absolute Gasteiger partial charge is 0.258 e. The number of ether oxygens (including phenoxy) is 1. The molecule has 3 aromatic rings. The third kappa shape index (κ3) is 4.32. The topological polar surface area (TPSA) is 38.3 Å². The van der Waals surface area contributed by atoms with E-state index in [1.807, 2.05) is 36.4 Å². The maximum absolute atomic E-state index is 12.8. The minimum Gasteiger partial charge on any atom is -0.484 e. The Labute approximate surface area is 147 Å². The van der Waals surface area contributed by atoms with Crippen molar-refractivity contribution in [3.8, 4) is 5.75 Å². The van der Waals surface area contributed by atoms with Gasteiger partial charge in [-0.25, -0.2) is 4.39 Å². The molecule has 0 atom stereocenters. The first-order valence-corrected chi connectivity index (χ1v) is 8.23. The molecule has 24 heavy (non-hydrogen) atoms. The number of benzene rings is 3. The molecule has 5 heteroatoms. The Morgan fingerprint density at radius 1 is 1.00 bits per heavy atom. The van der Waals surface area contributed by atoms with Crippen molar-refractivity contribution >= 4 is 32.6 Å². The number of carbonyl (C=O) groups is 1. The van der Waals surface area contributed by atoms with Crippen LogP contribution in [0.2, 0.25) is 0 Å². The summed E-state index contributed by atoms with van der Waals surface area (Å²) in [6.45, 7) is 0.275. The number of amides is 1. The van der Waals surface area contributed by atoms with E-state index in [1.165, 1.54) is 12.1 Å². The minimum atomic E-state index is -0.295. The van der Waals surface area contributed by atoms with Crippen LogP contribution in [-0.4, -0.2) is 12.5 Å². The first kappa shape index (κ1) is 16.5. The Morgan fingerprint density at radius 3 is 2.50 bits per heavy atom. The van der Waals surface area contributed by atoms with Gasteiger partial charge in [-0.1, -0.05) is 40.2 Å². The van der Waals surface area contributed by atoms with E-state index in [9.17, 15) is 9.18 Å². The number of halogens is 2. The summed E-state index contributed by atoms with van der Waals surface area (Å²) in [5, 5.41) is 4.88. The van der Waals surface area contributed by atoms with Gasteiger partial charge in [0, 0.05) is 11.0 Å². The summed E-state index contributed by atoms with van der Waals surface area (Å²) in [6.07, 6.45) is 0. The first-order valence-electron chi connectivity index (χ1n) is 7.43. The molecule has 1 N–H and O–H groups in total. The van der Waals surface area contributed by atoms with Gasteiger partial charge in [-0.2, -0.15) is 0 Å². The molecule has 0 aromatic heterocycles. The zero-order chi connectivity index (χ0) is 16.9. The Balaban J connectivity index is 1.54. The third-order valence-electron chi connectivity index (χ3n) is 3.55. The van der Waals surface area contributed by atoms with Gasteiger partial charge in [0.2, 0.25) is 0 Å². The largest absolute Gasteiger partial charge is 0.484 e. The molecule has 122 valence electrons. The maximum atomic E-state index is 12.8. The van der Waals surface area contributed by atoms with Crippen molar-refractivity contribution in [3.63, 3.8) is 0 Å². The highest BCUT2D eigenvalue weighted by atomic mass is 79.9. The van der Waals surface area contributed by atoms with Gasteiger partial charge in [0.25, 0.3) is 5.91 Å². The van der Waals surface area contributed by atoms with Crippen LogP contribution < -0.4 is 10.1 Å². The van der Waals surface area contributed by atoms with Crippen LogP contribution in [0.15, 0.2) is 65.1 Å². The number of hydrogen-bond acceptors (Lipinski definition) is 2. The fourth-order valence-electron chi connectivity index (χ4n) is 2.29. The van der Waals surface area contributed by atoms with Crippen molar-refractivity contribution in [1.82, 2.24) is 5.32 Å². The molecule has 3 rings (SSSR count). The quantitative estimate of drug-likeness (QED) is 0.702. The number of rotatable bonds is 5. The standard InChI is InChI=1S/C19H15BrFNO2/c20-16-5-3-15-10-18(8-4-14(15)9-16)24-12-19(23)22-11-13-1-6-17(21)7-2-13/h1-10H,11-12H2,(H,22,23). The van der Waals surface area contributed by atoms with Crippen LogP contribution in [0.3, 0.4) is 0 Å². The van der Waals surface area contributed by atoms with Crippen LogP contribution in [-0.2, 0) is 11.3 Å². The molecule has 1 amide bonds. The molecule has 0 saturated carbocycles. The van der Waals surface area contributed by atoms with Crippen LogP contribution in [0, 0.1) is 5.82 Å². The summed E-state index contributed by atoms with van der Waals surface area (Å²) in [5.41, 5.74) is 0.834. The summed E-state index contributed by atoms with van der Waals surface area (Å²) >= 11 is 3.44. The normalized spacial score (nSPS) is 10.6. The van der Waals surface area contributed by atoms with E-state index in [-0.39, 0.29) is 18.3 Å².